The average molecular weight is 405 g/mol. The summed E-state index contributed by atoms with van der Waals surface area (Å²) in [6, 6.07) is 0. The Kier molecular flexibility index (Phi) is 6.19. The number of rotatable bonds is 5. The van der Waals surface area contributed by atoms with Gasteiger partial charge >= 0.3 is 0 Å². The van der Waals surface area contributed by atoms with Gasteiger partial charge in [0.05, 0.1) is 12.2 Å². The molecule has 4 fully saturated rings. The van der Waals surface area contributed by atoms with Crippen LogP contribution in [0.3, 0.4) is 0 Å². The molecule has 4 rings (SSSR count). The van der Waals surface area contributed by atoms with Gasteiger partial charge in [-0.3, -0.25) is 0 Å². The molecule has 0 amide bonds. The van der Waals surface area contributed by atoms with E-state index in [9.17, 15) is 10.2 Å². The van der Waals surface area contributed by atoms with Crippen LogP contribution in [0.25, 0.3) is 0 Å². The lowest BCUT2D eigenvalue weighted by atomic mass is 9.43. The molecule has 4 aliphatic carbocycles. The van der Waals surface area contributed by atoms with Crippen LogP contribution in [0.1, 0.15) is 105 Å². The third-order valence-corrected chi connectivity index (χ3v) is 11.0. The third kappa shape index (κ3) is 3.53. The van der Waals surface area contributed by atoms with E-state index in [2.05, 4.69) is 34.6 Å². The number of aliphatic hydroxyl groups excluding tert-OH is 2. The second-order valence-electron chi connectivity index (χ2n) is 12.6. The molecule has 0 aromatic carbocycles. The monoisotopic (exact) mass is 404 g/mol. The molecular weight excluding hydrogens is 356 g/mol. The number of hydrogen-bond acceptors (Lipinski definition) is 2. The van der Waals surface area contributed by atoms with Gasteiger partial charge in [0.1, 0.15) is 0 Å². The van der Waals surface area contributed by atoms with Crippen LogP contribution in [0, 0.1) is 52.3 Å². The van der Waals surface area contributed by atoms with E-state index < -0.39 is 12.2 Å². The van der Waals surface area contributed by atoms with Crippen molar-refractivity contribution in [1.29, 1.82) is 0 Å². The molecule has 2 nitrogen and oxygen atoms in total. The van der Waals surface area contributed by atoms with E-state index in [0.717, 1.165) is 42.4 Å². The van der Waals surface area contributed by atoms with Crippen molar-refractivity contribution in [2.24, 2.45) is 52.3 Å². The van der Waals surface area contributed by atoms with Gasteiger partial charge in [0, 0.05) is 5.41 Å². The number of fused-ring (bicyclic) bond motifs is 5. The normalized spacial score (nSPS) is 50.7. The molecule has 2 N–H and O–H groups in total. The topological polar surface area (TPSA) is 40.5 Å². The smallest absolute Gasteiger partial charge is 0.0857 e. The molecule has 4 aliphatic rings. The first-order valence-corrected chi connectivity index (χ1v) is 13.1. The van der Waals surface area contributed by atoms with Gasteiger partial charge in [0.15, 0.2) is 0 Å². The molecule has 0 saturated heterocycles. The summed E-state index contributed by atoms with van der Waals surface area (Å²) < 4.78 is 0. The van der Waals surface area contributed by atoms with Gasteiger partial charge in [-0.05, 0) is 98.2 Å². The molecule has 2 heteroatoms. The zero-order valence-corrected chi connectivity index (χ0v) is 19.9. The molecule has 10 atom stereocenters. The van der Waals surface area contributed by atoms with Crippen LogP contribution in [-0.4, -0.2) is 22.4 Å². The lowest BCUT2D eigenvalue weighted by Gasteiger charge is -2.62. The van der Waals surface area contributed by atoms with Crippen LogP contribution in [0.4, 0.5) is 0 Å². The van der Waals surface area contributed by atoms with E-state index in [1.54, 1.807) is 0 Å². The molecule has 4 saturated carbocycles. The lowest BCUT2D eigenvalue weighted by molar-refractivity contribution is -0.196. The van der Waals surface area contributed by atoms with Crippen LogP contribution in [0.5, 0.6) is 0 Å². The van der Waals surface area contributed by atoms with Gasteiger partial charge in [-0.2, -0.15) is 0 Å². The molecule has 0 aromatic heterocycles. The quantitative estimate of drug-likeness (QED) is 0.553. The summed E-state index contributed by atoms with van der Waals surface area (Å²) in [5.41, 5.74) is 0.461. The van der Waals surface area contributed by atoms with Crippen molar-refractivity contribution in [3.05, 3.63) is 0 Å². The van der Waals surface area contributed by atoms with E-state index in [-0.39, 0.29) is 5.41 Å². The Hall–Kier alpha value is -0.0800. The number of aliphatic hydroxyl groups is 2. The van der Waals surface area contributed by atoms with Gasteiger partial charge in [-0.15, -0.1) is 0 Å². The van der Waals surface area contributed by atoms with Crippen molar-refractivity contribution < 1.29 is 10.2 Å². The maximum Gasteiger partial charge on any atom is 0.0857 e. The highest BCUT2D eigenvalue weighted by molar-refractivity contribution is 5.12. The molecule has 0 unspecified atom stereocenters. The standard InChI is InChI=1S/C27H48O2/c1-17(2)7-6-8-18(3)21-12-13-22-20-11-9-19-10-14-24(28)25(29)27(19,5)23(20)15-16-26(21,22)4/h17-25,28-29H,6-16H2,1-5H3/t18-,19+,20+,21+,22-,23+,24+,25+,26-,27+/m1/s1. The summed E-state index contributed by atoms with van der Waals surface area (Å²) >= 11 is 0. The molecule has 0 heterocycles. The summed E-state index contributed by atoms with van der Waals surface area (Å²) in [6.07, 6.45) is 13.2. The van der Waals surface area contributed by atoms with Gasteiger partial charge in [0.2, 0.25) is 0 Å². The summed E-state index contributed by atoms with van der Waals surface area (Å²) in [5.74, 6) is 5.46. The Balaban J connectivity index is 1.50. The van der Waals surface area contributed by atoms with Gasteiger partial charge in [0.25, 0.3) is 0 Å². The van der Waals surface area contributed by atoms with E-state index in [1.807, 2.05) is 0 Å². The summed E-state index contributed by atoms with van der Waals surface area (Å²) in [7, 11) is 0. The van der Waals surface area contributed by atoms with Gasteiger partial charge in [-0.25, -0.2) is 0 Å². The fourth-order valence-corrected chi connectivity index (χ4v) is 9.35. The van der Waals surface area contributed by atoms with Crippen molar-refractivity contribution >= 4 is 0 Å². The van der Waals surface area contributed by atoms with Crippen molar-refractivity contribution in [3.8, 4) is 0 Å². The molecule has 168 valence electrons. The third-order valence-electron chi connectivity index (χ3n) is 11.0. The fourth-order valence-electron chi connectivity index (χ4n) is 9.35. The highest BCUT2D eigenvalue weighted by atomic mass is 16.3. The fraction of sp³-hybridized carbons (Fsp3) is 1.00. The van der Waals surface area contributed by atoms with E-state index in [0.29, 0.717) is 17.3 Å². The zero-order chi connectivity index (χ0) is 21.0. The minimum atomic E-state index is -0.509. The van der Waals surface area contributed by atoms with Crippen LogP contribution in [0.15, 0.2) is 0 Å². The Morgan fingerprint density at radius 3 is 2.28 bits per heavy atom. The highest BCUT2D eigenvalue weighted by Crippen LogP contribution is 2.68. The second kappa shape index (κ2) is 8.12. The maximum atomic E-state index is 11.1. The van der Waals surface area contributed by atoms with Crippen molar-refractivity contribution in [2.75, 3.05) is 0 Å². The van der Waals surface area contributed by atoms with Crippen molar-refractivity contribution in [2.45, 2.75) is 117 Å². The molecule has 0 bridgehead atoms. The zero-order valence-electron chi connectivity index (χ0n) is 19.9. The Morgan fingerprint density at radius 1 is 0.828 bits per heavy atom. The molecule has 0 aliphatic heterocycles. The maximum absolute atomic E-state index is 11.1. The molecule has 29 heavy (non-hydrogen) atoms. The molecular formula is C27H48O2. The second-order valence-corrected chi connectivity index (χ2v) is 12.6. The number of hydrogen-bond donors (Lipinski definition) is 2. The largest absolute Gasteiger partial charge is 0.390 e. The highest BCUT2D eigenvalue weighted by Gasteiger charge is 2.62. The molecule has 0 radical (unpaired) electrons. The first-order valence-electron chi connectivity index (χ1n) is 13.1. The minimum Gasteiger partial charge on any atom is -0.390 e. The predicted octanol–water partition coefficient (Wildman–Crippen LogP) is 6.44. The van der Waals surface area contributed by atoms with Crippen molar-refractivity contribution in [3.63, 3.8) is 0 Å². The summed E-state index contributed by atoms with van der Waals surface area (Å²) in [5, 5.41) is 21.6. The van der Waals surface area contributed by atoms with E-state index in [1.165, 1.54) is 57.8 Å². The van der Waals surface area contributed by atoms with Gasteiger partial charge in [-0.1, -0.05) is 53.9 Å². The first-order chi connectivity index (χ1) is 13.7. The van der Waals surface area contributed by atoms with Crippen LogP contribution < -0.4 is 0 Å². The predicted molar refractivity (Wildman–Crippen MR) is 120 cm³/mol. The van der Waals surface area contributed by atoms with E-state index in [4.69, 9.17) is 0 Å². The Bertz CT molecular complexity index is 569. The van der Waals surface area contributed by atoms with Crippen LogP contribution in [0.2, 0.25) is 0 Å². The summed E-state index contributed by atoms with van der Waals surface area (Å²) in [6.45, 7) is 12.2. The Morgan fingerprint density at radius 2 is 1.55 bits per heavy atom. The van der Waals surface area contributed by atoms with E-state index >= 15 is 0 Å². The Labute approximate surface area is 180 Å². The minimum absolute atomic E-state index is 0.0527. The molecule has 0 spiro atoms. The van der Waals surface area contributed by atoms with Crippen LogP contribution >= 0.6 is 0 Å². The van der Waals surface area contributed by atoms with Gasteiger partial charge < -0.3 is 10.2 Å². The lowest BCUT2D eigenvalue weighted by Crippen LogP contribution is -2.60. The summed E-state index contributed by atoms with van der Waals surface area (Å²) in [4.78, 5) is 0. The van der Waals surface area contributed by atoms with Crippen molar-refractivity contribution in [1.82, 2.24) is 0 Å². The average Bonchev–Trinajstić information content (AvgIpc) is 3.02. The first kappa shape index (κ1) is 22.1. The van der Waals surface area contributed by atoms with Crippen LogP contribution in [-0.2, 0) is 0 Å². The SMILES string of the molecule is CC(C)CCC[C@@H](C)[C@@H]1CC[C@@H]2[C@@H]3CC[C@H]4CC[C@H](O)[C@H](O)[C@]4(C)[C@H]3CC[C@@]21C. The molecule has 0 aromatic rings.